The van der Waals surface area contributed by atoms with Gasteiger partial charge in [0.15, 0.2) is 0 Å². The van der Waals surface area contributed by atoms with Crippen LogP contribution in [0, 0.1) is 17.3 Å². The summed E-state index contributed by atoms with van der Waals surface area (Å²) in [6, 6.07) is 0.412. The molecule has 3 unspecified atom stereocenters. The fraction of sp³-hybridized carbons (Fsp3) is 0.938. The lowest BCUT2D eigenvalue weighted by Crippen LogP contribution is -2.47. The molecule has 0 saturated heterocycles. The highest BCUT2D eigenvalue weighted by atomic mass is 16.2. The van der Waals surface area contributed by atoms with Crippen molar-refractivity contribution in [1.29, 1.82) is 0 Å². The Kier molecular flexibility index (Phi) is 5.84. The highest BCUT2D eigenvalue weighted by Gasteiger charge is 2.32. The average Bonchev–Trinajstić information content (AvgIpc) is 2.34. The first kappa shape index (κ1) is 16.5. The van der Waals surface area contributed by atoms with Crippen LogP contribution in [0.3, 0.4) is 0 Å². The lowest BCUT2D eigenvalue weighted by molar-refractivity contribution is -0.138. The predicted octanol–water partition coefficient (Wildman–Crippen LogP) is 3.03. The number of carbonyl (C=O) groups excluding carboxylic acids is 1. The van der Waals surface area contributed by atoms with Gasteiger partial charge in [-0.2, -0.15) is 0 Å². The maximum atomic E-state index is 12.6. The molecule has 3 heteroatoms. The Balaban J connectivity index is 2.68. The molecule has 19 heavy (non-hydrogen) atoms. The second-order valence-corrected chi connectivity index (χ2v) is 7.48. The molecule has 1 aliphatic carbocycles. The van der Waals surface area contributed by atoms with Gasteiger partial charge in [0.25, 0.3) is 0 Å². The summed E-state index contributed by atoms with van der Waals surface area (Å²) in [6.45, 7) is 9.25. The molecule has 3 nitrogen and oxygen atoms in total. The van der Waals surface area contributed by atoms with Crippen molar-refractivity contribution in [3.63, 3.8) is 0 Å². The molecule has 0 spiro atoms. The third-order valence-corrected chi connectivity index (χ3v) is 4.40. The molecule has 0 heterocycles. The lowest BCUT2D eigenvalue weighted by atomic mass is 9.82. The second kappa shape index (κ2) is 6.74. The molecule has 0 radical (unpaired) electrons. The first-order valence-electron chi connectivity index (χ1n) is 7.73. The highest BCUT2D eigenvalue weighted by molar-refractivity contribution is 5.79. The van der Waals surface area contributed by atoms with Crippen LogP contribution in [0.25, 0.3) is 0 Å². The van der Waals surface area contributed by atoms with Gasteiger partial charge in [-0.1, -0.05) is 40.5 Å². The van der Waals surface area contributed by atoms with Crippen molar-refractivity contribution >= 4 is 5.91 Å². The summed E-state index contributed by atoms with van der Waals surface area (Å²) in [7, 11) is 1.97. The lowest BCUT2D eigenvalue weighted by Gasteiger charge is -2.38. The van der Waals surface area contributed by atoms with Crippen LogP contribution in [-0.2, 0) is 4.79 Å². The summed E-state index contributed by atoms with van der Waals surface area (Å²) in [5.74, 6) is 0.839. The Morgan fingerprint density at radius 1 is 1.32 bits per heavy atom. The molecule has 0 bridgehead atoms. The number of nitrogens with zero attached hydrogens (tertiary/aromatic N) is 1. The molecule has 1 saturated carbocycles. The van der Waals surface area contributed by atoms with Crippen LogP contribution in [0.1, 0.15) is 59.8 Å². The van der Waals surface area contributed by atoms with E-state index >= 15 is 0 Å². The third kappa shape index (κ3) is 4.79. The minimum atomic E-state index is -0.0286. The van der Waals surface area contributed by atoms with Gasteiger partial charge in [-0.05, 0) is 30.6 Å². The summed E-state index contributed by atoms with van der Waals surface area (Å²) in [4.78, 5) is 14.6. The molecular formula is C16H32N2O. The first-order chi connectivity index (χ1) is 8.76. The molecule has 3 atom stereocenters. The van der Waals surface area contributed by atoms with E-state index in [4.69, 9.17) is 5.73 Å². The van der Waals surface area contributed by atoms with Gasteiger partial charge in [-0.3, -0.25) is 4.79 Å². The molecular weight excluding hydrogens is 236 g/mol. The summed E-state index contributed by atoms with van der Waals surface area (Å²) in [6.07, 6.45) is 5.82. The molecule has 112 valence electrons. The third-order valence-electron chi connectivity index (χ3n) is 4.40. The number of carbonyl (C=O) groups is 1. The van der Waals surface area contributed by atoms with Gasteiger partial charge in [0.2, 0.25) is 5.91 Å². The zero-order chi connectivity index (χ0) is 14.6. The molecule has 0 aliphatic heterocycles. The molecule has 2 N–H and O–H groups in total. The Hall–Kier alpha value is -0.570. The van der Waals surface area contributed by atoms with E-state index in [0.29, 0.717) is 18.5 Å². The van der Waals surface area contributed by atoms with Crippen molar-refractivity contribution in [1.82, 2.24) is 4.90 Å². The maximum absolute atomic E-state index is 12.6. The number of nitrogens with two attached hydrogens (primary N) is 1. The summed E-state index contributed by atoms with van der Waals surface area (Å²) in [5, 5.41) is 0. The Bertz CT molecular complexity index is 296. The van der Waals surface area contributed by atoms with Gasteiger partial charge >= 0.3 is 0 Å². The van der Waals surface area contributed by atoms with E-state index in [-0.39, 0.29) is 17.2 Å². The first-order valence-corrected chi connectivity index (χ1v) is 7.73. The van der Waals surface area contributed by atoms with Crippen molar-refractivity contribution < 1.29 is 4.79 Å². The zero-order valence-electron chi connectivity index (χ0n) is 13.4. The van der Waals surface area contributed by atoms with Crippen LogP contribution >= 0.6 is 0 Å². The van der Waals surface area contributed by atoms with E-state index in [2.05, 4.69) is 27.7 Å². The fourth-order valence-corrected chi connectivity index (χ4v) is 3.33. The molecule has 1 aliphatic rings. The predicted molar refractivity (Wildman–Crippen MR) is 80.8 cm³/mol. The second-order valence-electron chi connectivity index (χ2n) is 7.48. The number of rotatable bonds is 4. The average molecular weight is 268 g/mol. The van der Waals surface area contributed by atoms with Crippen LogP contribution in [-0.4, -0.2) is 30.4 Å². The largest absolute Gasteiger partial charge is 0.342 e. The Morgan fingerprint density at radius 3 is 2.37 bits per heavy atom. The molecule has 1 fully saturated rings. The van der Waals surface area contributed by atoms with Crippen LogP contribution in [0.4, 0.5) is 0 Å². The van der Waals surface area contributed by atoms with E-state index in [0.717, 1.165) is 12.8 Å². The normalized spacial score (nSPS) is 26.0. The van der Waals surface area contributed by atoms with Gasteiger partial charge < -0.3 is 10.6 Å². The van der Waals surface area contributed by atoms with E-state index in [1.165, 1.54) is 19.3 Å². The van der Waals surface area contributed by atoms with Gasteiger partial charge in [-0.15, -0.1) is 0 Å². The summed E-state index contributed by atoms with van der Waals surface area (Å²) >= 11 is 0. The molecule has 1 rings (SSSR count). The fourth-order valence-electron chi connectivity index (χ4n) is 3.33. The van der Waals surface area contributed by atoms with Gasteiger partial charge in [0.05, 0.1) is 5.92 Å². The van der Waals surface area contributed by atoms with Crippen LogP contribution in [0.2, 0.25) is 0 Å². The summed E-state index contributed by atoms with van der Waals surface area (Å²) < 4.78 is 0. The van der Waals surface area contributed by atoms with E-state index in [1.807, 2.05) is 11.9 Å². The number of hydrogen-bond acceptors (Lipinski definition) is 2. The van der Waals surface area contributed by atoms with Crippen molar-refractivity contribution in [3.05, 3.63) is 0 Å². The van der Waals surface area contributed by atoms with E-state index in [9.17, 15) is 4.79 Å². The SMILES string of the molecule is CC1CCCCC1N(C)C(=O)C(CN)CC(C)(C)C. The van der Waals surface area contributed by atoms with Gasteiger partial charge in [-0.25, -0.2) is 0 Å². The zero-order valence-corrected chi connectivity index (χ0v) is 13.4. The maximum Gasteiger partial charge on any atom is 0.226 e. The minimum absolute atomic E-state index is 0.0286. The van der Waals surface area contributed by atoms with Gasteiger partial charge in [0.1, 0.15) is 0 Å². The molecule has 1 amide bonds. The molecule has 0 aromatic rings. The van der Waals surface area contributed by atoms with Crippen LogP contribution in [0.5, 0.6) is 0 Å². The van der Waals surface area contributed by atoms with Crippen molar-refractivity contribution in [2.75, 3.05) is 13.6 Å². The molecule has 0 aromatic heterocycles. The van der Waals surface area contributed by atoms with Crippen molar-refractivity contribution in [2.24, 2.45) is 23.0 Å². The van der Waals surface area contributed by atoms with Crippen molar-refractivity contribution in [3.8, 4) is 0 Å². The Labute approximate surface area is 118 Å². The smallest absolute Gasteiger partial charge is 0.226 e. The van der Waals surface area contributed by atoms with Crippen molar-refractivity contribution in [2.45, 2.75) is 65.8 Å². The van der Waals surface area contributed by atoms with Crippen LogP contribution in [0.15, 0.2) is 0 Å². The Morgan fingerprint density at radius 2 is 1.89 bits per heavy atom. The monoisotopic (exact) mass is 268 g/mol. The van der Waals surface area contributed by atoms with Crippen LogP contribution < -0.4 is 5.73 Å². The highest BCUT2D eigenvalue weighted by Crippen LogP contribution is 2.30. The minimum Gasteiger partial charge on any atom is -0.342 e. The van der Waals surface area contributed by atoms with E-state index < -0.39 is 0 Å². The standard InChI is InChI=1S/C16H32N2O/c1-12-8-6-7-9-14(12)18(5)15(19)13(11-17)10-16(2,3)4/h12-14H,6-11,17H2,1-5H3. The quantitative estimate of drug-likeness (QED) is 0.852. The number of hydrogen-bond donors (Lipinski definition) is 1. The summed E-state index contributed by atoms with van der Waals surface area (Å²) in [5.41, 5.74) is 5.99. The molecule has 0 aromatic carbocycles. The van der Waals surface area contributed by atoms with Gasteiger partial charge in [0, 0.05) is 19.6 Å². The van der Waals surface area contributed by atoms with E-state index in [1.54, 1.807) is 0 Å². The number of amides is 1. The topological polar surface area (TPSA) is 46.3 Å².